The summed E-state index contributed by atoms with van der Waals surface area (Å²) in [5.74, 6) is 0.0605. The van der Waals surface area contributed by atoms with Crippen molar-refractivity contribution in [3.05, 3.63) is 46.8 Å². The van der Waals surface area contributed by atoms with Gasteiger partial charge in [0.05, 0.1) is 22.0 Å². The van der Waals surface area contributed by atoms with Crippen LogP contribution in [-0.2, 0) is 0 Å². The van der Waals surface area contributed by atoms with Crippen LogP contribution in [0.3, 0.4) is 0 Å². The van der Waals surface area contributed by atoms with Gasteiger partial charge in [0.15, 0.2) is 0 Å². The Morgan fingerprint density at radius 3 is 2.81 bits per heavy atom. The van der Waals surface area contributed by atoms with E-state index >= 15 is 0 Å². The van der Waals surface area contributed by atoms with Crippen molar-refractivity contribution in [3.63, 3.8) is 0 Å². The van der Waals surface area contributed by atoms with Crippen molar-refractivity contribution in [2.24, 2.45) is 0 Å². The molecule has 0 radical (unpaired) electrons. The van der Waals surface area contributed by atoms with Gasteiger partial charge in [0.1, 0.15) is 5.01 Å². The second-order valence-corrected chi connectivity index (χ2v) is 6.01. The molecule has 3 aromatic rings. The van der Waals surface area contributed by atoms with Gasteiger partial charge in [-0.3, -0.25) is 4.79 Å². The number of benzene rings is 1. The van der Waals surface area contributed by atoms with E-state index in [9.17, 15) is 4.79 Å². The molecule has 0 aliphatic rings. The minimum absolute atomic E-state index is 0.125. The van der Waals surface area contributed by atoms with E-state index < -0.39 is 0 Å². The van der Waals surface area contributed by atoms with Crippen LogP contribution in [0, 0.1) is 6.92 Å². The van der Waals surface area contributed by atoms with Crippen molar-refractivity contribution < 1.29 is 9.32 Å². The molecule has 108 valence electrons. The fourth-order valence-electron chi connectivity index (χ4n) is 2.05. The lowest BCUT2D eigenvalue weighted by Gasteiger charge is -2.21. The number of carbonyl (C=O) groups is 1. The predicted molar refractivity (Wildman–Crippen MR) is 81.4 cm³/mol. The smallest absolute Gasteiger partial charge is 0.292 e. The van der Waals surface area contributed by atoms with E-state index in [-0.39, 0.29) is 17.7 Å². The van der Waals surface area contributed by atoms with Crippen molar-refractivity contribution in [2.75, 3.05) is 7.05 Å². The molecule has 0 fully saturated rings. The Labute approximate surface area is 126 Å². The third kappa shape index (κ3) is 2.54. The fourth-order valence-corrected chi connectivity index (χ4v) is 3.11. The average molecular weight is 301 g/mol. The van der Waals surface area contributed by atoms with Crippen LogP contribution < -0.4 is 0 Å². The monoisotopic (exact) mass is 301 g/mol. The van der Waals surface area contributed by atoms with E-state index in [0.717, 1.165) is 15.2 Å². The zero-order valence-electron chi connectivity index (χ0n) is 12.0. The molecule has 2 heterocycles. The minimum Gasteiger partial charge on any atom is -0.351 e. The summed E-state index contributed by atoms with van der Waals surface area (Å²) < 4.78 is 6.15. The molecule has 1 amide bonds. The molecular weight excluding hydrogens is 286 g/mol. The number of hydrogen-bond donors (Lipinski definition) is 0. The van der Waals surface area contributed by atoms with E-state index in [1.807, 2.05) is 31.2 Å². The van der Waals surface area contributed by atoms with Gasteiger partial charge in [0.25, 0.3) is 5.91 Å². The first-order valence-corrected chi connectivity index (χ1v) is 7.44. The SMILES string of the molecule is Cc1cc(C(=O)N(C)[C@H](C)c2nc3ccccc3s2)on1. The number of aromatic nitrogens is 2. The molecule has 3 rings (SSSR count). The first-order chi connectivity index (χ1) is 10.1. The second-order valence-electron chi connectivity index (χ2n) is 4.94. The Bertz CT molecular complexity index is 760. The normalized spacial score (nSPS) is 12.5. The molecule has 1 aromatic carbocycles. The van der Waals surface area contributed by atoms with Crippen LogP contribution in [0.15, 0.2) is 34.9 Å². The summed E-state index contributed by atoms with van der Waals surface area (Å²) in [5, 5.41) is 4.66. The molecule has 1 atom stereocenters. The standard InChI is InChI=1S/C15H15N3O2S/c1-9-8-12(20-17-9)15(19)18(3)10(2)14-16-11-6-4-5-7-13(11)21-14/h4-8,10H,1-3H3/t10-/m1/s1. The third-order valence-electron chi connectivity index (χ3n) is 3.41. The highest BCUT2D eigenvalue weighted by Crippen LogP contribution is 2.29. The highest BCUT2D eigenvalue weighted by Gasteiger charge is 2.24. The number of amides is 1. The molecule has 0 aliphatic carbocycles. The van der Waals surface area contributed by atoms with Crippen LogP contribution >= 0.6 is 11.3 Å². The first-order valence-electron chi connectivity index (χ1n) is 6.62. The van der Waals surface area contributed by atoms with E-state index in [2.05, 4.69) is 10.1 Å². The van der Waals surface area contributed by atoms with Crippen molar-refractivity contribution in [2.45, 2.75) is 19.9 Å². The van der Waals surface area contributed by atoms with Gasteiger partial charge < -0.3 is 9.42 Å². The van der Waals surface area contributed by atoms with Crippen LogP contribution in [-0.4, -0.2) is 28.0 Å². The van der Waals surface area contributed by atoms with Gasteiger partial charge in [0, 0.05) is 13.1 Å². The van der Waals surface area contributed by atoms with E-state index in [1.54, 1.807) is 36.3 Å². The lowest BCUT2D eigenvalue weighted by Crippen LogP contribution is -2.29. The summed E-state index contributed by atoms with van der Waals surface area (Å²) in [6, 6.07) is 9.47. The highest BCUT2D eigenvalue weighted by atomic mass is 32.1. The van der Waals surface area contributed by atoms with Gasteiger partial charge >= 0.3 is 0 Å². The molecule has 21 heavy (non-hydrogen) atoms. The van der Waals surface area contributed by atoms with Crippen LogP contribution in [0.4, 0.5) is 0 Å². The van der Waals surface area contributed by atoms with Crippen LogP contribution in [0.2, 0.25) is 0 Å². The number of rotatable bonds is 3. The third-order valence-corrected chi connectivity index (χ3v) is 4.61. The fraction of sp³-hybridized carbons (Fsp3) is 0.267. The van der Waals surface area contributed by atoms with Crippen molar-refractivity contribution >= 4 is 27.5 Å². The van der Waals surface area contributed by atoms with E-state index in [4.69, 9.17) is 4.52 Å². The maximum atomic E-state index is 12.4. The van der Waals surface area contributed by atoms with Gasteiger partial charge in [-0.05, 0) is 26.0 Å². The second kappa shape index (κ2) is 5.29. The number of aryl methyl sites for hydroxylation is 1. The summed E-state index contributed by atoms with van der Waals surface area (Å²) >= 11 is 1.60. The Kier molecular flexibility index (Phi) is 3.47. The zero-order chi connectivity index (χ0) is 15.0. The zero-order valence-corrected chi connectivity index (χ0v) is 12.8. The molecule has 0 bridgehead atoms. The average Bonchev–Trinajstić information content (AvgIpc) is 3.10. The summed E-state index contributed by atoms with van der Waals surface area (Å²) in [6.45, 7) is 3.75. The number of hydrogen-bond acceptors (Lipinski definition) is 5. The quantitative estimate of drug-likeness (QED) is 0.743. The number of para-hydroxylation sites is 1. The molecule has 0 N–H and O–H groups in total. The number of thiazole rings is 1. The number of carbonyl (C=O) groups excluding carboxylic acids is 1. The van der Waals surface area contributed by atoms with E-state index in [1.165, 1.54) is 0 Å². The number of nitrogens with zero attached hydrogens (tertiary/aromatic N) is 3. The molecule has 2 aromatic heterocycles. The van der Waals surface area contributed by atoms with Crippen LogP contribution in [0.5, 0.6) is 0 Å². The predicted octanol–water partition coefficient (Wildman–Crippen LogP) is 3.43. The van der Waals surface area contributed by atoms with Gasteiger partial charge in [0.2, 0.25) is 5.76 Å². The molecule has 0 saturated heterocycles. The summed E-state index contributed by atoms with van der Waals surface area (Å²) in [4.78, 5) is 18.6. The first kappa shape index (κ1) is 13.8. The largest absolute Gasteiger partial charge is 0.351 e. The Hall–Kier alpha value is -2.21. The molecular formula is C15H15N3O2S. The van der Waals surface area contributed by atoms with E-state index in [0.29, 0.717) is 5.69 Å². The minimum atomic E-state index is -0.192. The Morgan fingerprint density at radius 2 is 2.14 bits per heavy atom. The maximum Gasteiger partial charge on any atom is 0.292 e. The maximum absolute atomic E-state index is 12.4. The summed E-state index contributed by atoms with van der Waals surface area (Å²) in [7, 11) is 1.75. The van der Waals surface area contributed by atoms with Gasteiger partial charge in [-0.2, -0.15) is 0 Å². The van der Waals surface area contributed by atoms with Gasteiger partial charge in [-0.1, -0.05) is 17.3 Å². The summed E-state index contributed by atoms with van der Waals surface area (Å²) in [6.07, 6.45) is 0. The molecule has 5 nitrogen and oxygen atoms in total. The molecule has 0 unspecified atom stereocenters. The molecule has 0 saturated carbocycles. The highest BCUT2D eigenvalue weighted by molar-refractivity contribution is 7.18. The number of fused-ring (bicyclic) bond motifs is 1. The van der Waals surface area contributed by atoms with Crippen molar-refractivity contribution in [1.82, 2.24) is 15.0 Å². The Balaban J connectivity index is 1.86. The molecule has 0 spiro atoms. The topological polar surface area (TPSA) is 59.2 Å². The van der Waals surface area contributed by atoms with Crippen LogP contribution in [0.1, 0.15) is 34.2 Å². The molecule has 0 aliphatic heterocycles. The Morgan fingerprint density at radius 1 is 1.38 bits per heavy atom. The summed E-state index contributed by atoms with van der Waals surface area (Å²) in [5.41, 5.74) is 1.65. The lowest BCUT2D eigenvalue weighted by molar-refractivity contribution is 0.0700. The van der Waals surface area contributed by atoms with Gasteiger partial charge in [-0.25, -0.2) is 4.98 Å². The molecule has 6 heteroatoms. The lowest BCUT2D eigenvalue weighted by atomic mass is 10.2. The van der Waals surface area contributed by atoms with Crippen molar-refractivity contribution in [1.29, 1.82) is 0 Å². The van der Waals surface area contributed by atoms with Crippen LogP contribution in [0.25, 0.3) is 10.2 Å². The van der Waals surface area contributed by atoms with Crippen molar-refractivity contribution in [3.8, 4) is 0 Å². The van der Waals surface area contributed by atoms with Gasteiger partial charge in [-0.15, -0.1) is 11.3 Å².